The zero-order valence-corrected chi connectivity index (χ0v) is 13.5. The number of nitrogens with zero attached hydrogens (tertiary/aromatic N) is 4. The molecule has 0 heterocycles. The van der Waals surface area contributed by atoms with Crippen molar-refractivity contribution in [1.29, 1.82) is 5.26 Å². The fraction of sp³-hybridized carbons (Fsp3) is 0.188. The van der Waals surface area contributed by atoms with Gasteiger partial charge in [-0.25, -0.2) is 0 Å². The van der Waals surface area contributed by atoms with Crippen LogP contribution in [0, 0.1) is 11.3 Å². The molecule has 0 aliphatic heterocycles. The zero-order valence-electron chi connectivity index (χ0n) is 11.9. The fourth-order valence-corrected chi connectivity index (χ4v) is 3.49. The zero-order chi connectivity index (χ0) is 15.9. The van der Waals surface area contributed by atoms with Gasteiger partial charge < -0.3 is 0 Å². The minimum atomic E-state index is 0.152. The van der Waals surface area contributed by atoms with E-state index in [2.05, 4.69) is 23.0 Å². The van der Waals surface area contributed by atoms with Gasteiger partial charge in [-0.2, -0.15) is 5.26 Å². The monoisotopic (exact) mass is 328 g/mol. The number of nitriles is 1. The van der Waals surface area contributed by atoms with E-state index < -0.39 is 0 Å². The first-order valence-corrected chi connectivity index (χ1v) is 7.95. The summed E-state index contributed by atoms with van der Waals surface area (Å²) in [5.74, 6) is 0. The van der Waals surface area contributed by atoms with Crippen molar-refractivity contribution < 1.29 is 0 Å². The number of halogens is 1. The Morgan fingerprint density at radius 1 is 1.36 bits per heavy atom. The normalized spacial score (nSPS) is 11.3. The molecule has 0 unspecified atom stereocenters. The minimum Gasteiger partial charge on any atom is -0.192 e. The first kappa shape index (κ1) is 16.3. The molecule has 0 N–H and O–H groups in total. The molecule has 0 saturated heterocycles. The van der Waals surface area contributed by atoms with Crippen LogP contribution in [0.2, 0.25) is 5.02 Å². The molecular weight excluding hydrogens is 316 g/mol. The van der Waals surface area contributed by atoms with Crippen LogP contribution in [0.4, 0.5) is 5.69 Å². The molecule has 0 aromatic heterocycles. The number of rotatable bonds is 5. The van der Waals surface area contributed by atoms with Crippen molar-refractivity contribution in [2.24, 2.45) is 5.11 Å². The third kappa shape index (κ3) is 3.96. The average molecular weight is 329 g/mol. The standard InChI is InChI=1S/C16H13ClN4S/c1-2-15(11-4-3-5-14(8-11)20-21-19)22-16-9-13(17)7-6-12(16)10-18/h3-9,15H,2H2,1H3/t15-/m1/s1. The summed E-state index contributed by atoms with van der Waals surface area (Å²) in [5, 5.41) is 13.6. The van der Waals surface area contributed by atoms with Gasteiger partial charge in [0.1, 0.15) is 6.07 Å². The maximum atomic E-state index is 9.22. The van der Waals surface area contributed by atoms with Crippen LogP contribution in [-0.4, -0.2) is 0 Å². The molecule has 110 valence electrons. The van der Waals surface area contributed by atoms with E-state index in [1.807, 2.05) is 24.3 Å². The Labute approximate surface area is 138 Å². The van der Waals surface area contributed by atoms with Crippen LogP contribution in [-0.2, 0) is 0 Å². The van der Waals surface area contributed by atoms with E-state index in [0.29, 0.717) is 16.3 Å². The van der Waals surface area contributed by atoms with E-state index >= 15 is 0 Å². The van der Waals surface area contributed by atoms with Gasteiger partial charge in [-0.15, -0.1) is 11.8 Å². The van der Waals surface area contributed by atoms with Crippen molar-refractivity contribution in [3.8, 4) is 6.07 Å². The quantitative estimate of drug-likeness (QED) is 0.276. The predicted octanol–water partition coefficient (Wildman–Crippen LogP) is 6.40. The third-order valence-electron chi connectivity index (χ3n) is 3.11. The van der Waals surface area contributed by atoms with Crippen LogP contribution in [0.25, 0.3) is 10.4 Å². The summed E-state index contributed by atoms with van der Waals surface area (Å²) in [6.07, 6.45) is 0.877. The number of azide groups is 1. The first-order valence-electron chi connectivity index (χ1n) is 6.69. The van der Waals surface area contributed by atoms with E-state index in [4.69, 9.17) is 17.1 Å². The Balaban J connectivity index is 2.34. The summed E-state index contributed by atoms with van der Waals surface area (Å²) in [4.78, 5) is 3.67. The molecular formula is C16H13ClN4S. The van der Waals surface area contributed by atoms with Gasteiger partial charge in [0.15, 0.2) is 0 Å². The molecule has 0 amide bonds. The Morgan fingerprint density at radius 2 is 2.18 bits per heavy atom. The molecule has 1 atom stereocenters. The topological polar surface area (TPSA) is 72.5 Å². The van der Waals surface area contributed by atoms with Gasteiger partial charge in [0, 0.05) is 25.8 Å². The van der Waals surface area contributed by atoms with Crippen molar-refractivity contribution in [2.75, 3.05) is 0 Å². The molecule has 0 aliphatic rings. The van der Waals surface area contributed by atoms with Crippen molar-refractivity contribution in [3.63, 3.8) is 0 Å². The largest absolute Gasteiger partial charge is 0.192 e. The van der Waals surface area contributed by atoms with Gasteiger partial charge in [0.05, 0.1) is 5.56 Å². The highest BCUT2D eigenvalue weighted by molar-refractivity contribution is 7.99. The molecule has 6 heteroatoms. The van der Waals surface area contributed by atoms with Crippen LogP contribution in [0.15, 0.2) is 52.5 Å². The van der Waals surface area contributed by atoms with Crippen LogP contribution < -0.4 is 0 Å². The maximum absolute atomic E-state index is 9.22. The second-order valence-electron chi connectivity index (χ2n) is 4.55. The lowest BCUT2D eigenvalue weighted by molar-refractivity contribution is 0.894. The summed E-state index contributed by atoms with van der Waals surface area (Å²) in [6.45, 7) is 2.08. The van der Waals surface area contributed by atoms with E-state index in [0.717, 1.165) is 16.9 Å². The third-order valence-corrected chi connectivity index (χ3v) is 4.82. The molecule has 2 aromatic rings. The SMILES string of the molecule is CC[C@@H](Sc1cc(Cl)ccc1C#N)c1cccc(N=[N+]=[N-])c1. The van der Waals surface area contributed by atoms with Gasteiger partial charge in [-0.3, -0.25) is 0 Å². The molecule has 0 fully saturated rings. The van der Waals surface area contributed by atoms with Crippen molar-refractivity contribution in [2.45, 2.75) is 23.5 Å². The molecule has 2 aromatic carbocycles. The van der Waals surface area contributed by atoms with Crippen molar-refractivity contribution in [3.05, 3.63) is 69.1 Å². The highest BCUT2D eigenvalue weighted by Gasteiger charge is 2.14. The van der Waals surface area contributed by atoms with E-state index in [1.165, 1.54) is 0 Å². The summed E-state index contributed by atoms with van der Waals surface area (Å²) in [7, 11) is 0. The number of hydrogen-bond acceptors (Lipinski definition) is 3. The lowest BCUT2D eigenvalue weighted by Gasteiger charge is -2.16. The van der Waals surface area contributed by atoms with Crippen LogP contribution in [0.5, 0.6) is 0 Å². The lowest BCUT2D eigenvalue weighted by atomic mass is 10.1. The van der Waals surface area contributed by atoms with Gasteiger partial charge >= 0.3 is 0 Å². The number of thioether (sulfide) groups is 1. The number of benzene rings is 2. The van der Waals surface area contributed by atoms with Gasteiger partial charge in [-0.05, 0) is 41.8 Å². The Kier molecular flexibility index (Phi) is 5.74. The molecule has 22 heavy (non-hydrogen) atoms. The highest BCUT2D eigenvalue weighted by Crippen LogP contribution is 2.40. The summed E-state index contributed by atoms with van der Waals surface area (Å²) in [5.41, 5.74) is 10.8. The summed E-state index contributed by atoms with van der Waals surface area (Å²) in [6, 6.07) is 14.9. The van der Waals surface area contributed by atoms with Crippen LogP contribution in [0.3, 0.4) is 0 Å². The minimum absolute atomic E-state index is 0.152. The Bertz CT molecular complexity index is 763. The molecule has 0 saturated carbocycles. The Hall–Kier alpha value is -2.12. The summed E-state index contributed by atoms with van der Waals surface area (Å²) < 4.78 is 0. The second kappa shape index (κ2) is 7.77. The molecule has 0 aliphatic carbocycles. The molecule has 0 radical (unpaired) electrons. The van der Waals surface area contributed by atoms with Crippen molar-refractivity contribution >= 4 is 29.1 Å². The maximum Gasteiger partial charge on any atom is 0.100 e. The van der Waals surface area contributed by atoms with Gasteiger partial charge in [0.25, 0.3) is 0 Å². The summed E-state index contributed by atoms with van der Waals surface area (Å²) >= 11 is 7.63. The van der Waals surface area contributed by atoms with E-state index in [9.17, 15) is 5.26 Å². The smallest absolute Gasteiger partial charge is 0.100 e. The molecule has 4 nitrogen and oxygen atoms in total. The van der Waals surface area contributed by atoms with Gasteiger partial charge in [0.2, 0.25) is 0 Å². The fourth-order valence-electron chi connectivity index (χ4n) is 2.07. The first-order chi connectivity index (χ1) is 10.7. The van der Waals surface area contributed by atoms with Gasteiger partial charge in [-0.1, -0.05) is 41.8 Å². The molecule has 2 rings (SSSR count). The van der Waals surface area contributed by atoms with Crippen molar-refractivity contribution in [1.82, 2.24) is 0 Å². The van der Waals surface area contributed by atoms with E-state index in [1.54, 1.807) is 30.0 Å². The molecule has 0 bridgehead atoms. The van der Waals surface area contributed by atoms with E-state index in [-0.39, 0.29) is 5.25 Å². The lowest BCUT2D eigenvalue weighted by Crippen LogP contribution is -1.93. The van der Waals surface area contributed by atoms with Crippen LogP contribution >= 0.6 is 23.4 Å². The highest BCUT2D eigenvalue weighted by atomic mass is 35.5. The predicted molar refractivity (Wildman–Crippen MR) is 90.3 cm³/mol. The second-order valence-corrected chi connectivity index (χ2v) is 6.23. The molecule has 0 spiro atoms. The number of hydrogen-bond donors (Lipinski definition) is 0. The average Bonchev–Trinajstić information content (AvgIpc) is 2.53. The Morgan fingerprint density at radius 3 is 2.86 bits per heavy atom. The van der Waals surface area contributed by atoms with Crippen LogP contribution in [0.1, 0.15) is 29.7 Å².